The zero-order chi connectivity index (χ0) is 20.2. The van der Waals surface area contributed by atoms with Crippen molar-refractivity contribution in [3.05, 3.63) is 34.8 Å². The number of benzene rings is 1. The van der Waals surface area contributed by atoms with Gasteiger partial charge in [-0.15, -0.1) is 0 Å². The van der Waals surface area contributed by atoms with Crippen LogP contribution in [0.2, 0.25) is 0 Å². The molecule has 2 aromatic rings. The Balaban J connectivity index is 1.36. The molecule has 0 aliphatic carbocycles. The number of rotatable bonds is 6. The maximum Gasteiger partial charge on any atom is 0.185 e. The lowest BCUT2D eigenvalue weighted by Crippen LogP contribution is -2.47. The summed E-state index contributed by atoms with van der Waals surface area (Å²) in [6, 6.07) is 6.50. The van der Waals surface area contributed by atoms with Crippen LogP contribution in [0.15, 0.2) is 29.4 Å². The number of thiazole rings is 1. The number of anilines is 1. The monoisotopic (exact) mass is 416 g/mol. The van der Waals surface area contributed by atoms with Crippen molar-refractivity contribution in [1.29, 1.82) is 0 Å². The summed E-state index contributed by atoms with van der Waals surface area (Å²) in [5.41, 5.74) is 6.63. The van der Waals surface area contributed by atoms with Crippen LogP contribution in [0.4, 0.5) is 5.13 Å². The van der Waals surface area contributed by atoms with E-state index in [1.54, 1.807) is 6.20 Å². The summed E-state index contributed by atoms with van der Waals surface area (Å²) in [7, 11) is 0. The number of aromatic nitrogens is 1. The summed E-state index contributed by atoms with van der Waals surface area (Å²) in [5.74, 6) is 1.42. The average Bonchev–Trinajstić information content (AvgIpc) is 3.27. The van der Waals surface area contributed by atoms with E-state index in [4.69, 9.17) is 15.2 Å². The summed E-state index contributed by atoms with van der Waals surface area (Å²) in [5, 5.41) is 12.9. The largest absolute Gasteiger partial charge is 0.858 e. The minimum absolute atomic E-state index is 0.231. The van der Waals surface area contributed by atoms with Gasteiger partial charge in [-0.3, -0.25) is 9.89 Å². The van der Waals surface area contributed by atoms with Crippen molar-refractivity contribution < 1.29 is 14.6 Å². The Morgan fingerprint density at radius 3 is 2.76 bits per heavy atom. The van der Waals surface area contributed by atoms with Crippen LogP contribution >= 0.6 is 11.3 Å². The molecule has 1 fully saturated rings. The number of nitrogens with zero attached hydrogens (tertiary/aromatic N) is 4. The molecule has 0 unspecified atom stereocenters. The van der Waals surface area contributed by atoms with Crippen molar-refractivity contribution in [1.82, 2.24) is 9.88 Å². The zero-order valence-electron chi connectivity index (χ0n) is 16.5. The van der Waals surface area contributed by atoms with Crippen LogP contribution in [0, 0.1) is 0 Å². The van der Waals surface area contributed by atoms with Gasteiger partial charge in [-0.2, -0.15) is 0 Å². The summed E-state index contributed by atoms with van der Waals surface area (Å²) >= 11 is 1.40. The highest BCUT2D eigenvalue weighted by molar-refractivity contribution is 7.17. The van der Waals surface area contributed by atoms with Gasteiger partial charge in [0.05, 0.1) is 11.4 Å². The second-order valence-electron chi connectivity index (χ2n) is 7.08. The SMILES string of the molecule is C[C@H](c1ccc2c(c1)OCCO2)N1CCN(c2ncc(C([O-])=NCCN)s2)CC1. The second-order valence-corrected chi connectivity index (χ2v) is 8.09. The lowest BCUT2D eigenvalue weighted by Gasteiger charge is -2.38. The van der Waals surface area contributed by atoms with Crippen LogP contribution in [0.5, 0.6) is 11.5 Å². The van der Waals surface area contributed by atoms with E-state index in [0.717, 1.165) is 42.8 Å². The molecule has 8 nitrogen and oxygen atoms in total. The van der Waals surface area contributed by atoms with Crippen LogP contribution in [0.25, 0.3) is 0 Å². The van der Waals surface area contributed by atoms with Crippen molar-refractivity contribution in [2.24, 2.45) is 10.7 Å². The van der Waals surface area contributed by atoms with Gasteiger partial charge in [0.1, 0.15) is 13.2 Å². The van der Waals surface area contributed by atoms with Crippen molar-refractivity contribution in [2.45, 2.75) is 13.0 Å². The molecule has 1 aromatic heterocycles. The first-order valence-electron chi connectivity index (χ1n) is 9.92. The third-order valence-corrected chi connectivity index (χ3v) is 6.32. The summed E-state index contributed by atoms with van der Waals surface area (Å²) < 4.78 is 11.3. The highest BCUT2D eigenvalue weighted by Crippen LogP contribution is 2.34. The normalized spacial score (nSPS) is 18.7. The van der Waals surface area contributed by atoms with Crippen LogP contribution in [0.3, 0.4) is 0 Å². The first kappa shape index (κ1) is 19.9. The van der Waals surface area contributed by atoms with E-state index in [0.29, 0.717) is 31.2 Å². The van der Waals surface area contributed by atoms with E-state index in [9.17, 15) is 5.11 Å². The molecule has 2 aliphatic heterocycles. The van der Waals surface area contributed by atoms with Crippen LogP contribution in [-0.4, -0.2) is 68.3 Å². The zero-order valence-corrected chi connectivity index (χ0v) is 17.4. The Labute approximate surface area is 174 Å². The molecule has 0 amide bonds. The molecule has 0 spiro atoms. The summed E-state index contributed by atoms with van der Waals surface area (Å²) in [4.78, 5) is 13.6. The van der Waals surface area contributed by atoms with Gasteiger partial charge in [0, 0.05) is 50.9 Å². The molecule has 0 bridgehead atoms. The van der Waals surface area contributed by atoms with Crippen LogP contribution < -0.4 is 25.2 Å². The number of nitrogens with two attached hydrogens (primary N) is 1. The van der Waals surface area contributed by atoms with Crippen molar-refractivity contribution in [3.63, 3.8) is 0 Å². The average molecular weight is 417 g/mol. The topological polar surface area (TPSA) is 99.3 Å². The first-order valence-corrected chi connectivity index (χ1v) is 10.7. The van der Waals surface area contributed by atoms with E-state index in [2.05, 4.69) is 38.8 Å². The number of ether oxygens (including phenoxy) is 2. The minimum Gasteiger partial charge on any atom is -0.858 e. The summed E-state index contributed by atoms with van der Waals surface area (Å²) in [6.45, 7) is 7.75. The third kappa shape index (κ3) is 4.47. The number of piperazine rings is 1. The number of hydrogen-bond acceptors (Lipinski definition) is 9. The van der Waals surface area contributed by atoms with E-state index < -0.39 is 0 Å². The Bertz CT molecular complexity index is 864. The lowest BCUT2D eigenvalue weighted by atomic mass is 10.1. The van der Waals surface area contributed by atoms with E-state index in [1.165, 1.54) is 16.9 Å². The Kier molecular flexibility index (Phi) is 6.17. The number of hydrogen-bond donors (Lipinski definition) is 1. The quantitative estimate of drug-likeness (QED) is 0.551. The maximum atomic E-state index is 12.0. The molecule has 156 valence electrons. The van der Waals surface area contributed by atoms with E-state index >= 15 is 0 Å². The van der Waals surface area contributed by atoms with Gasteiger partial charge in [0.2, 0.25) is 0 Å². The Morgan fingerprint density at radius 2 is 2.00 bits per heavy atom. The Morgan fingerprint density at radius 1 is 1.24 bits per heavy atom. The summed E-state index contributed by atoms with van der Waals surface area (Å²) in [6.07, 6.45) is 1.62. The number of aliphatic imine (C=N–C) groups is 1. The standard InChI is InChI=1S/C20H27N5O3S/c1-14(15-2-3-16-17(12-15)28-11-10-27-16)24-6-8-25(9-7-24)20-23-13-18(29-20)19(26)22-5-4-21/h2-3,12-14H,4-11,21H2,1H3,(H,22,26)/p-1/t14-/m1/s1. The van der Waals surface area contributed by atoms with Crippen molar-refractivity contribution in [2.75, 3.05) is 57.4 Å². The van der Waals surface area contributed by atoms with Crippen molar-refractivity contribution in [3.8, 4) is 11.5 Å². The fourth-order valence-electron chi connectivity index (χ4n) is 3.59. The molecule has 4 rings (SSSR count). The lowest BCUT2D eigenvalue weighted by molar-refractivity contribution is -0.212. The maximum absolute atomic E-state index is 12.0. The van der Waals surface area contributed by atoms with Gasteiger partial charge in [-0.1, -0.05) is 17.4 Å². The first-order chi connectivity index (χ1) is 14.2. The van der Waals surface area contributed by atoms with Crippen molar-refractivity contribution >= 4 is 22.4 Å². The molecular formula is C20H26N5O3S-. The predicted octanol–water partition coefficient (Wildman–Crippen LogP) is 0.863. The van der Waals surface area contributed by atoms with Gasteiger partial charge >= 0.3 is 0 Å². The molecule has 29 heavy (non-hydrogen) atoms. The molecule has 1 aromatic carbocycles. The molecule has 0 saturated carbocycles. The highest BCUT2D eigenvalue weighted by atomic mass is 32.1. The molecule has 3 heterocycles. The molecule has 9 heteroatoms. The molecule has 2 N–H and O–H groups in total. The highest BCUT2D eigenvalue weighted by Gasteiger charge is 2.25. The minimum atomic E-state index is -0.231. The fraction of sp³-hybridized carbons (Fsp3) is 0.500. The van der Waals surface area contributed by atoms with Crippen LogP contribution in [-0.2, 0) is 0 Å². The van der Waals surface area contributed by atoms with Gasteiger partial charge in [-0.05, 0) is 24.6 Å². The van der Waals surface area contributed by atoms with E-state index in [-0.39, 0.29) is 11.9 Å². The van der Waals surface area contributed by atoms with E-state index in [1.807, 2.05) is 6.07 Å². The third-order valence-electron chi connectivity index (χ3n) is 5.27. The molecule has 2 aliphatic rings. The van der Waals surface area contributed by atoms with Gasteiger partial charge in [0.25, 0.3) is 0 Å². The second kappa shape index (κ2) is 8.98. The molecule has 1 atom stereocenters. The smallest absolute Gasteiger partial charge is 0.185 e. The van der Waals surface area contributed by atoms with Gasteiger partial charge in [0.15, 0.2) is 16.6 Å². The molecule has 0 radical (unpaired) electrons. The number of fused-ring (bicyclic) bond motifs is 1. The Hall–Kier alpha value is -2.36. The fourth-order valence-corrected chi connectivity index (χ4v) is 4.46. The molecule has 1 saturated heterocycles. The van der Waals surface area contributed by atoms with Gasteiger partial charge < -0.3 is 25.2 Å². The molecular weight excluding hydrogens is 390 g/mol. The van der Waals surface area contributed by atoms with Gasteiger partial charge in [-0.25, -0.2) is 4.98 Å². The predicted molar refractivity (Wildman–Crippen MR) is 112 cm³/mol. The van der Waals surface area contributed by atoms with Crippen LogP contribution in [0.1, 0.15) is 23.4 Å².